The fourth-order valence-electron chi connectivity index (χ4n) is 2.49. The van der Waals surface area contributed by atoms with Gasteiger partial charge in [-0.15, -0.1) is 0 Å². The van der Waals surface area contributed by atoms with E-state index in [0.717, 1.165) is 17.4 Å². The van der Waals surface area contributed by atoms with Crippen LogP contribution in [0.1, 0.15) is 64.4 Å². The highest BCUT2D eigenvalue weighted by Crippen LogP contribution is 2.37. The third-order valence-electron chi connectivity index (χ3n) is 3.59. The van der Waals surface area contributed by atoms with Gasteiger partial charge in [-0.3, -0.25) is 0 Å². The number of nitrogens with zero attached hydrogens (tertiary/aromatic N) is 2. The molecule has 3 heteroatoms. The lowest BCUT2D eigenvalue weighted by molar-refractivity contribution is 0.546. The van der Waals surface area contributed by atoms with Gasteiger partial charge in [0.2, 0.25) is 0 Å². The van der Waals surface area contributed by atoms with Crippen molar-refractivity contribution < 1.29 is 0 Å². The van der Waals surface area contributed by atoms with Crippen LogP contribution in [0.15, 0.2) is 6.07 Å². The molecule has 1 aromatic rings. The first-order valence-electron chi connectivity index (χ1n) is 6.51. The zero-order valence-corrected chi connectivity index (χ0v) is 11.3. The van der Waals surface area contributed by atoms with Gasteiger partial charge in [0.15, 0.2) is 0 Å². The molecule has 0 bridgehead atoms. The molecule has 1 heterocycles. The summed E-state index contributed by atoms with van der Waals surface area (Å²) in [7, 11) is 0. The Kier molecular flexibility index (Phi) is 3.11. The van der Waals surface area contributed by atoms with Crippen LogP contribution in [0.5, 0.6) is 0 Å². The van der Waals surface area contributed by atoms with Gasteiger partial charge in [0, 0.05) is 17.4 Å². The third kappa shape index (κ3) is 2.76. The lowest BCUT2D eigenvalue weighted by atomic mass is 9.91. The van der Waals surface area contributed by atoms with Gasteiger partial charge in [-0.05, 0) is 25.2 Å². The smallest absolute Gasteiger partial charge is 0.134 e. The summed E-state index contributed by atoms with van der Waals surface area (Å²) in [5.74, 6) is 2.87. The maximum Gasteiger partial charge on any atom is 0.134 e. The van der Waals surface area contributed by atoms with Gasteiger partial charge in [0.1, 0.15) is 11.6 Å². The summed E-state index contributed by atoms with van der Waals surface area (Å²) in [6.45, 7) is 8.79. The molecule has 1 saturated carbocycles. The Morgan fingerprint density at radius 1 is 1.24 bits per heavy atom. The molecule has 0 radical (unpaired) electrons. The maximum atomic E-state index is 5.91. The van der Waals surface area contributed by atoms with E-state index < -0.39 is 0 Å². The number of anilines is 1. The van der Waals surface area contributed by atoms with Crippen LogP contribution >= 0.6 is 0 Å². The number of hydrogen-bond donors (Lipinski definition) is 1. The summed E-state index contributed by atoms with van der Waals surface area (Å²) >= 11 is 0. The highest BCUT2D eigenvalue weighted by atomic mass is 15.0. The highest BCUT2D eigenvalue weighted by molar-refractivity contribution is 5.33. The average Bonchev–Trinajstić information content (AvgIpc) is 2.62. The van der Waals surface area contributed by atoms with Crippen LogP contribution in [0.2, 0.25) is 0 Å². The van der Waals surface area contributed by atoms with Gasteiger partial charge in [-0.1, -0.05) is 27.7 Å². The van der Waals surface area contributed by atoms with Crippen molar-refractivity contribution in [1.82, 2.24) is 9.97 Å². The minimum absolute atomic E-state index is 0.0377. The SMILES string of the molecule is CC1CCC(c2nc(N)cc(C(C)(C)C)n2)C1. The second-order valence-electron chi connectivity index (χ2n) is 6.40. The molecule has 0 amide bonds. The summed E-state index contributed by atoms with van der Waals surface area (Å²) < 4.78 is 0. The van der Waals surface area contributed by atoms with Crippen molar-refractivity contribution in [2.45, 2.75) is 58.3 Å². The Balaban J connectivity index is 2.32. The minimum atomic E-state index is 0.0377. The first-order valence-corrected chi connectivity index (χ1v) is 6.51. The minimum Gasteiger partial charge on any atom is -0.384 e. The number of nitrogen functional groups attached to an aromatic ring is 1. The molecule has 17 heavy (non-hydrogen) atoms. The molecule has 94 valence electrons. The van der Waals surface area contributed by atoms with E-state index in [-0.39, 0.29) is 5.41 Å². The van der Waals surface area contributed by atoms with E-state index in [1.807, 2.05) is 6.07 Å². The molecule has 0 saturated heterocycles. The van der Waals surface area contributed by atoms with Gasteiger partial charge in [-0.2, -0.15) is 0 Å². The van der Waals surface area contributed by atoms with Crippen LogP contribution in [-0.2, 0) is 5.41 Å². The molecule has 0 aromatic carbocycles. The van der Waals surface area contributed by atoms with Crippen LogP contribution < -0.4 is 5.73 Å². The molecule has 3 nitrogen and oxygen atoms in total. The van der Waals surface area contributed by atoms with Crippen molar-refractivity contribution in [2.24, 2.45) is 5.92 Å². The summed E-state index contributed by atoms with van der Waals surface area (Å²) in [6.07, 6.45) is 3.69. The molecule has 1 aliphatic carbocycles. The largest absolute Gasteiger partial charge is 0.384 e. The molecular formula is C14H23N3. The van der Waals surface area contributed by atoms with Crippen molar-refractivity contribution in [3.05, 3.63) is 17.6 Å². The lowest BCUT2D eigenvalue weighted by Crippen LogP contribution is -2.17. The van der Waals surface area contributed by atoms with E-state index in [1.54, 1.807) is 0 Å². The second kappa shape index (κ2) is 4.28. The van der Waals surface area contributed by atoms with Crippen molar-refractivity contribution in [3.63, 3.8) is 0 Å². The summed E-state index contributed by atoms with van der Waals surface area (Å²) in [4.78, 5) is 9.16. The molecule has 2 atom stereocenters. The predicted molar refractivity (Wildman–Crippen MR) is 70.9 cm³/mol. The molecule has 2 rings (SSSR count). The quantitative estimate of drug-likeness (QED) is 0.810. The summed E-state index contributed by atoms with van der Waals surface area (Å²) in [5.41, 5.74) is 7.00. The molecule has 1 aromatic heterocycles. The first kappa shape index (κ1) is 12.3. The Hall–Kier alpha value is -1.12. The molecule has 0 spiro atoms. The maximum absolute atomic E-state index is 5.91. The van der Waals surface area contributed by atoms with E-state index in [9.17, 15) is 0 Å². The Bertz CT molecular complexity index is 406. The van der Waals surface area contributed by atoms with Crippen LogP contribution in [0.25, 0.3) is 0 Å². The van der Waals surface area contributed by atoms with Crippen LogP contribution in [0.4, 0.5) is 5.82 Å². The first-order chi connectivity index (χ1) is 7.86. The molecule has 2 unspecified atom stereocenters. The standard InChI is InChI=1S/C14H23N3/c1-9-5-6-10(7-9)13-16-11(14(2,3)4)8-12(15)17-13/h8-10H,5-7H2,1-4H3,(H2,15,16,17). The van der Waals surface area contributed by atoms with Crippen molar-refractivity contribution in [3.8, 4) is 0 Å². The van der Waals surface area contributed by atoms with Gasteiger partial charge >= 0.3 is 0 Å². The van der Waals surface area contributed by atoms with Crippen LogP contribution in [0.3, 0.4) is 0 Å². The number of rotatable bonds is 1. The van der Waals surface area contributed by atoms with Gasteiger partial charge in [-0.25, -0.2) is 9.97 Å². The highest BCUT2D eigenvalue weighted by Gasteiger charge is 2.27. The molecule has 0 aliphatic heterocycles. The van der Waals surface area contributed by atoms with Crippen molar-refractivity contribution in [2.75, 3.05) is 5.73 Å². The average molecular weight is 233 g/mol. The topological polar surface area (TPSA) is 51.8 Å². The van der Waals surface area contributed by atoms with Gasteiger partial charge in [0.05, 0.1) is 5.69 Å². The predicted octanol–water partition coefficient (Wildman–Crippen LogP) is 3.26. The number of nitrogens with two attached hydrogens (primary N) is 1. The van der Waals surface area contributed by atoms with Crippen molar-refractivity contribution >= 4 is 5.82 Å². The van der Waals surface area contributed by atoms with E-state index in [1.165, 1.54) is 19.3 Å². The van der Waals surface area contributed by atoms with Crippen LogP contribution in [-0.4, -0.2) is 9.97 Å². The number of aromatic nitrogens is 2. The van der Waals surface area contributed by atoms with Crippen LogP contribution in [0, 0.1) is 5.92 Å². The van der Waals surface area contributed by atoms with Gasteiger partial charge in [0.25, 0.3) is 0 Å². The lowest BCUT2D eigenvalue weighted by Gasteiger charge is -2.20. The van der Waals surface area contributed by atoms with Crippen molar-refractivity contribution in [1.29, 1.82) is 0 Å². The normalized spacial score (nSPS) is 25.2. The Labute approximate surface area is 104 Å². The molecule has 1 aliphatic rings. The van der Waals surface area contributed by atoms with Gasteiger partial charge < -0.3 is 5.73 Å². The number of hydrogen-bond acceptors (Lipinski definition) is 3. The third-order valence-corrected chi connectivity index (χ3v) is 3.59. The zero-order valence-electron chi connectivity index (χ0n) is 11.3. The van der Waals surface area contributed by atoms with E-state index in [2.05, 4.69) is 32.7 Å². The Morgan fingerprint density at radius 2 is 1.94 bits per heavy atom. The monoisotopic (exact) mass is 233 g/mol. The van der Waals surface area contributed by atoms with E-state index in [4.69, 9.17) is 10.7 Å². The molecular weight excluding hydrogens is 210 g/mol. The fourth-order valence-corrected chi connectivity index (χ4v) is 2.49. The van der Waals surface area contributed by atoms with E-state index in [0.29, 0.717) is 11.7 Å². The van der Waals surface area contributed by atoms with E-state index >= 15 is 0 Å². The summed E-state index contributed by atoms with van der Waals surface area (Å²) in [5, 5.41) is 0. The fraction of sp³-hybridized carbons (Fsp3) is 0.714. The second-order valence-corrected chi connectivity index (χ2v) is 6.40. The molecule has 2 N–H and O–H groups in total. The summed E-state index contributed by atoms with van der Waals surface area (Å²) in [6, 6.07) is 1.90. The zero-order chi connectivity index (χ0) is 12.6. The molecule has 1 fully saturated rings. The Morgan fingerprint density at radius 3 is 2.47 bits per heavy atom.